The topological polar surface area (TPSA) is 121 Å². The number of likely N-dealkylation sites (tertiary alicyclic amines) is 1. The van der Waals surface area contributed by atoms with Gasteiger partial charge in [0.2, 0.25) is 0 Å². The summed E-state index contributed by atoms with van der Waals surface area (Å²) in [5.41, 5.74) is 3.96. The average molecular weight is 421 g/mol. The van der Waals surface area contributed by atoms with Crippen LogP contribution in [0.2, 0.25) is 0 Å². The Morgan fingerprint density at radius 2 is 2.18 bits per heavy atom. The zero-order valence-corrected chi connectivity index (χ0v) is 17.1. The molecule has 0 unspecified atom stereocenters. The van der Waals surface area contributed by atoms with E-state index in [1.165, 1.54) is 0 Å². The molecule has 0 aromatic carbocycles. The van der Waals surface area contributed by atoms with Crippen molar-refractivity contribution in [1.82, 2.24) is 20.4 Å². The molecular weight excluding hydrogens is 400 g/mol. The molecule has 0 saturated carbocycles. The lowest BCUT2D eigenvalue weighted by molar-refractivity contribution is 0.229. The van der Waals surface area contributed by atoms with E-state index in [4.69, 9.17) is 26.6 Å². The molecule has 2 aliphatic heterocycles. The van der Waals surface area contributed by atoms with Crippen LogP contribution in [-0.4, -0.2) is 37.8 Å². The second kappa shape index (κ2) is 8.15. The van der Waals surface area contributed by atoms with Crippen molar-refractivity contribution in [2.75, 3.05) is 6.54 Å². The van der Waals surface area contributed by atoms with Gasteiger partial charge < -0.3 is 19.5 Å². The quantitative estimate of drug-likeness (QED) is 0.192. The number of aliphatic hydroxyl groups is 1. The zero-order chi connectivity index (χ0) is 20.4. The number of aromatic nitrogens is 2. The fraction of sp³-hybridized carbons (Fsp3) is 0.278. The van der Waals surface area contributed by atoms with E-state index in [2.05, 4.69) is 28.4 Å². The van der Waals surface area contributed by atoms with Gasteiger partial charge in [-0.2, -0.15) is 5.10 Å². The molecule has 0 amide bonds. The number of piperidine rings is 1. The van der Waals surface area contributed by atoms with Crippen molar-refractivity contribution in [3.05, 3.63) is 58.2 Å². The largest absolute Gasteiger partial charge is 0.479 e. The number of nitrogens with zero attached hydrogens (tertiary/aromatic N) is 2. The first-order valence-corrected chi connectivity index (χ1v) is 9.34. The van der Waals surface area contributed by atoms with Gasteiger partial charge in [-0.05, 0) is 44.4 Å². The Labute approximate surface area is 173 Å². The lowest BCUT2D eigenvalue weighted by atomic mass is 9.97. The van der Waals surface area contributed by atoms with Gasteiger partial charge in [-0.25, -0.2) is 0 Å². The van der Waals surface area contributed by atoms with Gasteiger partial charge in [0.25, 0.3) is 0 Å². The SMILES string of the molecule is CC(C(=N)Cl)=C1CCCN(C2=CC=C(c3cn[nH]c3C)C(=C(O)OS)N2)C1=N. The summed E-state index contributed by atoms with van der Waals surface area (Å²) in [6, 6.07) is 0. The molecule has 0 atom stereocenters. The van der Waals surface area contributed by atoms with Gasteiger partial charge in [0, 0.05) is 41.9 Å². The Kier molecular flexibility index (Phi) is 5.85. The molecule has 0 aliphatic carbocycles. The summed E-state index contributed by atoms with van der Waals surface area (Å²) in [5.74, 6) is 0.488. The van der Waals surface area contributed by atoms with Crippen LogP contribution in [0.1, 0.15) is 31.0 Å². The number of dihydropyridines is 1. The average Bonchev–Trinajstić information content (AvgIpc) is 3.12. The van der Waals surface area contributed by atoms with Crippen LogP contribution in [-0.2, 0) is 4.18 Å². The maximum atomic E-state index is 10.2. The van der Waals surface area contributed by atoms with E-state index in [1.54, 1.807) is 18.0 Å². The summed E-state index contributed by atoms with van der Waals surface area (Å²) in [4.78, 5) is 1.78. The van der Waals surface area contributed by atoms with Crippen LogP contribution in [0, 0.1) is 17.7 Å². The Hall–Kier alpha value is -2.65. The molecule has 0 spiro atoms. The molecule has 0 bridgehead atoms. The zero-order valence-electron chi connectivity index (χ0n) is 15.4. The summed E-state index contributed by atoms with van der Waals surface area (Å²) in [7, 11) is 0. The molecular formula is C18H21ClN6O2S. The summed E-state index contributed by atoms with van der Waals surface area (Å²) < 4.78 is 4.75. The number of allylic oxidation sites excluding steroid dienone is 4. The number of amidine groups is 1. The number of H-pyrrole nitrogens is 1. The molecule has 1 aromatic heterocycles. The van der Waals surface area contributed by atoms with Crippen LogP contribution >= 0.6 is 24.5 Å². The van der Waals surface area contributed by atoms with Crippen molar-refractivity contribution < 1.29 is 9.29 Å². The minimum atomic E-state index is -0.390. The molecule has 1 saturated heterocycles. The normalized spacial score (nSPS) is 20.9. The van der Waals surface area contributed by atoms with E-state index in [-0.39, 0.29) is 17.0 Å². The Morgan fingerprint density at radius 3 is 2.79 bits per heavy atom. The molecule has 1 fully saturated rings. The third kappa shape index (κ3) is 3.67. The highest BCUT2D eigenvalue weighted by molar-refractivity contribution is 7.75. The van der Waals surface area contributed by atoms with Crippen molar-refractivity contribution >= 4 is 41.1 Å². The van der Waals surface area contributed by atoms with E-state index >= 15 is 0 Å². The summed E-state index contributed by atoms with van der Waals surface area (Å²) >= 11 is 9.54. The lowest BCUT2D eigenvalue weighted by Crippen LogP contribution is -2.42. The van der Waals surface area contributed by atoms with Crippen LogP contribution in [0.5, 0.6) is 0 Å². The number of aryl methyl sites for hydroxylation is 1. The van der Waals surface area contributed by atoms with E-state index in [1.807, 2.05) is 19.1 Å². The van der Waals surface area contributed by atoms with Gasteiger partial charge in [-0.1, -0.05) is 11.6 Å². The molecule has 3 heterocycles. The first-order valence-electron chi connectivity index (χ1n) is 8.60. The van der Waals surface area contributed by atoms with Crippen molar-refractivity contribution in [3.8, 4) is 0 Å². The first kappa shape index (κ1) is 20.1. The lowest BCUT2D eigenvalue weighted by Gasteiger charge is -2.35. The predicted molar refractivity (Wildman–Crippen MR) is 112 cm³/mol. The molecule has 2 aliphatic rings. The maximum absolute atomic E-state index is 10.2. The van der Waals surface area contributed by atoms with Crippen LogP contribution in [0.3, 0.4) is 0 Å². The monoisotopic (exact) mass is 420 g/mol. The van der Waals surface area contributed by atoms with Crippen molar-refractivity contribution in [2.24, 2.45) is 0 Å². The van der Waals surface area contributed by atoms with Gasteiger partial charge in [0.05, 0.1) is 6.20 Å². The standard InChI is InChI=1S/C18H21ClN6O2S/c1-9(16(19)20)11-4-3-7-25(17(11)21)14-6-5-12(13-8-22-24-10(13)2)15(23-14)18(26)27-28/h5-6,8,20-21,23,26,28H,3-4,7H2,1-2H3,(H,22,24). The molecule has 5 N–H and O–H groups in total. The van der Waals surface area contributed by atoms with Crippen molar-refractivity contribution in [3.63, 3.8) is 0 Å². The van der Waals surface area contributed by atoms with Crippen molar-refractivity contribution in [1.29, 1.82) is 10.8 Å². The molecule has 3 rings (SSSR count). The summed E-state index contributed by atoms with van der Waals surface area (Å²) in [6.07, 6.45) is 6.81. The second-order valence-electron chi connectivity index (χ2n) is 6.46. The fourth-order valence-electron chi connectivity index (χ4n) is 3.25. The Bertz CT molecular complexity index is 959. The number of thiol groups is 1. The number of aliphatic hydroxyl groups excluding tert-OH is 1. The fourth-order valence-corrected chi connectivity index (χ4v) is 3.45. The minimum Gasteiger partial charge on any atom is -0.479 e. The molecule has 0 radical (unpaired) electrons. The van der Waals surface area contributed by atoms with E-state index < -0.39 is 0 Å². The molecule has 28 heavy (non-hydrogen) atoms. The number of halogens is 1. The smallest absolute Gasteiger partial charge is 0.314 e. The third-order valence-electron chi connectivity index (χ3n) is 4.79. The van der Waals surface area contributed by atoms with Crippen LogP contribution in [0.4, 0.5) is 0 Å². The summed E-state index contributed by atoms with van der Waals surface area (Å²) in [6.45, 7) is 4.24. The van der Waals surface area contributed by atoms with Gasteiger partial charge in [0.15, 0.2) is 0 Å². The van der Waals surface area contributed by atoms with Gasteiger partial charge in [0.1, 0.15) is 22.5 Å². The highest BCUT2D eigenvalue weighted by atomic mass is 35.5. The van der Waals surface area contributed by atoms with Crippen LogP contribution in [0.15, 0.2) is 47.0 Å². The predicted octanol–water partition coefficient (Wildman–Crippen LogP) is 3.74. The van der Waals surface area contributed by atoms with Crippen LogP contribution < -0.4 is 5.32 Å². The molecule has 1 aromatic rings. The number of hydrogen-bond acceptors (Lipinski definition) is 7. The number of nitrogens with one attached hydrogen (secondary N) is 4. The second-order valence-corrected chi connectivity index (χ2v) is 7.02. The summed E-state index contributed by atoms with van der Waals surface area (Å²) in [5, 5.41) is 36.4. The highest BCUT2D eigenvalue weighted by Crippen LogP contribution is 2.32. The van der Waals surface area contributed by atoms with Crippen molar-refractivity contribution in [2.45, 2.75) is 26.7 Å². The van der Waals surface area contributed by atoms with E-state index in [0.29, 0.717) is 35.6 Å². The minimum absolute atomic E-state index is 0.0634. The highest BCUT2D eigenvalue weighted by Gasteiger charge is 2.29. The van der Waals surface area contributed by atoms with Gasteiger partial charge in [-0.3, -0.25) is 15.9 Å². The Morgan fingerprint density at radius 1 is 1.43 bits per heavy atom. The van der Waals surface area contributed by atoms with E-state index in [0.717, 1.165) is 23.3 Å². The van der Waals surface area contributed by atoms with E-state index in [9.17, 15) is 5.11 Å². The number of hydrogen-bond donors (Lipinski definition) is 6. The van der Waals surface area contributed by atoms with Gasteiger partial charge >= 0.3 is 5.95 Å². The maximum Gasteiger partial charge on any atom is 0.314 e. The first-order chi connectivity index (χ1) is 13.3. The van der Waals surface area contributed by atoms with Gasteiger partial charge in [-0.15, -0.1) is 0 Å². The van der Waals surface area contributed by atoms with Crippen LogP contribution in [0.25, 0.3) is 5.57 Å². The molecule has 10 heteroatoms. The molecule has 8 nitrogen and oxygen atoms in total. The molecule has 148 valence electrons. The third-order valence-corrected chi connectivity index (χ3v) is 5.24. The Balaban J connectivity index is 2.02. The number of rotatable bonds is 4. The number of aromatic amines is 1.